The zero-order valence-electron chi connectivity index (χ0n) is 26.0. The lowest BCUT2D eigenvalue weighted by Crippen LogP contribution is -2.09. The Morgan fingerprint density at radius 1 is 0.438 bits per heavy atom. The monoisotopic (exact) mass is 612 g/mol. The maximum absolute atomic E-state index is 4.24. The van der Waals surface area contributed by atoms with E-state index in [4.69, 9.17) is 0 Å². The van der Waals surface area contributed by atoms with Crippen LogP contribution in [0.1, 0.15) is 0 Å². The lowest BCUT2D eigenvalue weighted by Gasteiger charge is -2.25. The number of hydrogen-bond acceptors (Lipinski definition) is 3. The van der Waals surface area contributed by atoms with Crippen LogP contribution < -0.4 is 4.90 Å². The highest BCUT2D eigenvalue weighted by Gasteiger charge is 2.20. The summed E-state index contributed by atoms with van der Waals surface area (Å²) in [7, 11) is 0. The number of fused-ring (bicyclic) bond motifs is 4. The topological polar surface area (TPSA) is 34.0 Å². The van der Waals surface area contributed by atoms with Crippen LogP contribution in [0.3, 0.4) is 0 Å². The fraction of sp³-hybridized carbons (Fsp3) is 0. The molecule has 0 saturated carbocycles. The Morgan fingerprint density at radius 2 is 1.04 bits per heavy atom. The Bertz CT molecular complexity index is 2710. The number of anilines is 3. The van der Waals surface area contributed by atoms with Crippen molar-refractivity contribution in [1.82, 2.24) is 14.5 Å². The SMILES string of the molecule is c1ccc(-n2c3ccccc3c3cc4ccc5c(-c6ccc(N(c7ccncc7)c7ccncc7)cc6)ccc6ccc(c4c65)c32)cc1. The smallest absolute Gasteiger partial charge is 0.0620 e. The summed E-state index contributed by atoms with van der Waals surface area (Å²) < 4.78 is 2.44. The van der Waals surface area contributed by atoms with Crippen molar-refractivity contribution in [1.29, 1.82) is 0 Å². The minimum Gasteiger partial charge on any atom is -0.310 e. The van der Waals surface area contributed by atoms with Crippen LogP contribution in [0.2, 0.25) is 0 Å². The maximum Gasteiger partial charge on any atom is 0.0620 e. The summed E-state index contributed by atoms with van der Waals surface area (Å²) in [6.45, 7) is 0. The van der Waals surface area contributed by atoms with E-state index in [2.05, 4.69) is 141 Å². The van der Waals surface area contributed by atoms with Gasteiger partial charge in [-0.05, 0) is 98.7 Å². The quantitative estimate of drug-likeness (QED) is 0.181. The van der Waals surface area contributed by atoms with Gasteiger partial charge in [0.25, 0.3) is 0 Å². The number of aromatic nitrogens is 3. The van der Waals surface area contributed by atoms with Crippen LogP contribution in [0.4, 0.5) is 17.1 Å². The number of rotatable bonds is 5. The van der Waals surface area contributed by atoms with Crippen LogP contribution >= 0.6 is 0 Å². The molecule has 7 aromatic carbocycles. The molecule has 0 amide bonds. The Hall–Kier alpha value is -6.52. The Labute approximate surface area is 277 Å². The van der Waals surface area contributed by atoms with Gasteiger partial charge in [0.05, 0.1) is 11.0 Å². The van der Waals surface area contributed by atoms with Gasteiger partial charge in [-0.3, -0.25) is 9.97 Å². The molecule has 3 heterocycles. The van der Waals surface area contributed by atoms with Crippen molar-refractivity contribution >= 4 is 71.2 Å². The molecule has 0 atom stereocenters. The number of nitrogens with zero attached hydrogens (tertiary/aromatic N) is 4. The van der Waals surface area contributed by atoms with Crippen molar-refractivity contribution in [3.63, 3.8) is 0 Å². The van der Waals surface area contributed by atoms with Gasteiger partial charge >= 0.3 is 0 Å². The lowest BCUT2D eigenvalue weighted by atomic mass is 9.89. The molecule has 0 aliphatic rings. The van der Waals surface area contributed by atoms with E-state index >= 15 is 0 Å². The molecule has 0 N–H and O–H groups in total. The average Bonchev–Trinajstić information content (AvgIpc) is 3.49. The number of pyridine rings is 2. The highest BCUT2D eigenvalue weighted by atomic mass is 15.1. The van der Waals surface area contributed by atoms with E-state index in [1.807, 2.05) is 49.1 Å². The molecular weight excluding hydrogens is 585 g/mol. The fourth-order valence-corrected chi connectivity index (χ4v) is 7.64. The van der Waals surface area contributed by atoms with Crippen molar-refractivity contribution < 1.29 is 0 Å². The normalized spacial score (nSPS) is 11.8. The van der Waals surface area contributed by atoms with Gasteiger partial charge < -0.3 is 9.47 Å². The summed E-state index contributed by atoms with van der Waals surface area (Å²) in [4.78, 5) is 10.7. The third kappa shape index (κ3) is 3.96. The van der Waals surface area contributed by atoms with E-state index in [-0.39, 0.29) is 0 Å². The van der Waals surface area contributed by atoms with Crippen molar-refractivity contribution in [2.75, 3.05) is 4.90 Å². The van der Waals surface area contributed by atoms with E-state index in [1.54, 1.807) is 0 Å². The highest BCUT2D eigenvalue weighted by Crippen LogP contribution is 2.45. The second-order valence-corrected chi connectivity index (χ2v) is 12.3. The molecule has 224 valence electrons. The zero-order chi connectivity index (χ0) is 31.6. The van der Waals surface area contributed by atoms with Gasteiger partial charge in [-0.25, -0.2) is 0 Å². The van der Waals surface area contributed by atoms with Gasteiger partial charge in [-0.2, -0.15) is 0 Å². The third-order valence-corrected chi connectivity index (χ3v) is 9.71. The molecule has 4 heteroatoms. The fourth-order valence-electron chi connectivity index (χ4n) is 7.64. The van der Waals surface area contributed by atoms with Crippen LogP contribution in [0.25, 0.3) is 70.9 Å². The molecule has 4 nitrogen and oxygen atoms in total. The molecule has 0 bridgehead atoms. The molecule has 0 saturated heterocycles. The summed E-state index contributed by atoms with van der Waals surface area (Å²) in [5.41, 5.74) is 9.23. The number of hydrogen-bond donors (Lipinski definition) is 0. The molecule has 0 aliphatic carbocycles. The molecule has 10 aromatic rings. The van der Waals surface area contributed by atoms with Crippen LogP contribution in [0.15, 0.2) is 170 Å². The molecule has 3 aromatic heterocycles. The first-order chi connectivity index (χ1) is 23.8. The first-order valence-electron chi connectivity index (χ1n) is 16.2. The minimum atomic E-state index is 1.05. The summed E-state index contributed by atoms with van der Waals surface area (Å²) in [6.07, 6.45) is 7.32. The largest absolute Gasteiger partial charge is 0.310 e. The predicted molar refractivity (Wildman–Crippen MR) is 200 cm³/mol. The van der Waals surface area contributed by atoms with Crippen LogP contribution in [0.5, 0.6) is 0 Å². The lowest BCUT2D eigenvalue weighted by molar-refractivity contribution is 1.19. The summed E-state index contributed by atoms with van der Waals surface area (Å²) in [5, 5.41) is 10.3. The number of benzene rings is 7. The summed E-state index contributed by atoms with van der Waals surface area (Å²) >= 11 is 0. The Morgan fingerprint density at radius 3 is 1.79 bits per heavy atom. The first-order valence-corrected chi connectivity index (χ1v) is 16.2. The van der Waals surface area contributed by atoms with Crippen molar-refractivity contribution in [3.05, 3.63) is 170 Å². The molecule has 0 spiro atoms. The maximum atomic E-state index is 4.24. The molecule has 10 rings (SSSR count). The van der Waals surface area contributed by atoms with Crippen molar-refractivity contribution in [2.24, 2.45) is 0 Å². The Kier molecular flexibility index (Phi) is 5.84. The van der Waals surface area contributed by atoms with E-state index in [0.29, 0.717) is 0 Å². The van der Waals surface area contributed by atoms with Crippen LogP contribution in [-0.4, -0.2) is 14.5 Å². The van der Waals surface area contributed by atoms with E-state index < -0.39 is 0 Å². The Balaban J connectivity index is 1.18. The molecule has 0 fully saturated rings. The summed E-state index contributed by atoms with van der Waals surface area (Å²) in [6, 6.07) is 52.7. The first kappa shape index (κ1) is 26.7. The standard InChI is InChI=1S/C44H28N4/c1-2-6-32(7-3-1)48-41-9-5-4-8-37(41)40-28-31-14-18-38-36(17-12-30-13-19-39(44(40)48)43(31)42(30)38)29-10-15-33(16-11-29)47(34-20-24-45-25-21-34)35-22-26-46-27-23-35/h1-28H. The third-order valence-electron chi connectivity index (χ3n) is 9.71. The molecule has 48 heavy (non-hydrogen) atoms. The van der Waals surface area contributed by atoms with Crippen molar-refractivity contribution in [2.45, 2.75) is 0 Å². The molecular formula is C44H28N4. The average molecular weight is 613 g/mol. The molecule has 0 aliphatic heterocycles. The predicted octanol–water partition coefficient (Wildman–Crippen LogP) is 11.6. The van der Waals surface area contributed by atoms with Crippen LogP contribution in [0, 0.1) is 0 Å². The van der Waals surface area contributed by atoms with E-state index in [9.17, 15) is 0 Å². The second kappa shape index (κ2) is 10.5. The minimum absolute atomic E-state index is 1.05. The summed E-state index contributed by atoms with van der Waals surface area (Å²) in [5.74, 6) is 0. The van der Waals surface area contributed by atoms with Gasteiger partial charge in [-0.15, -0.1) is 0 Å². The van der Waals surface area contributed by atoms with E-state index in [0.717, 1.165) is 17.1 Å². The molecule has 0 radical (unpaired) electrons. The molecule has 0 unspecified atom stereocenters. The van der Waals surface area contributed by atoms with Crippen LogP contribution in [-0.2, 0) is 0 Å². The number of para-hydroxylation sites is 2. The van der Waals surface area contributed by atoms with Gasteiger partial charge in [0.15, 0.2) is 0 Å². The second-order valence-electron chi connectivity index (χ2n) is 12.3. The zero-order valence-corrected chi connectivity index (χ0v) is 26.0. The van der Waals surface area contributed by atoms with Crippen molar-refractivity contribution in [3.8, 4) is 16.8 Å². The van der Waals surface area contributed by atoms with Gasteiger partial charge in [0.2, 0.25) is 0 Å². The van der Waals surface area contributed by atoms with Gasteiger partial charge in [-0.1, -0.05) is 84.9 Å². The van der Waals surface area contributed by atoms with Gasteiger partial charge in [0.1, 0.15) is 0 Å². The van der Waals surface area contributed by atoms with Gasteiger partial charge in [0, 0.05) is 63.7 Å². The van der Waals surface area contributed by atoms with E-state index in [1.165, 1.54) is 70.9 Å². The highest BCUT2D eigenvalue weighted by molar-refractivity contribution is 6.32.